The molecule has 3 N–H and O–H groups in total. The Kier molecular flexibility index (Phi) is 5.89. The van der Waals surface area contributed by atoms with Crippen LogP contribution in [-0.4, -0.2) is 29.3 Å². The van der Waals surface area contributed by atoms with Gasteiger partial charge in [-0.25, -0.2) is 4.79 Å². The van der Waals surface area contributed by atoms with Gasteiger partial charge in [0.05, 0.1) is 0 Å². The fraction of sp³-hybridized carbons (Fsp3) is 0.643. The summed E-state index contributed by atoms with van der Waals surface area (Å²) in [4.78, 5) is 14.6. The van der Waals surface area contributed by atoms with Gasteiger partial charge in [0.2, 0.25) is 0 Å². The van der Waals surface area contributed by atoms with Gasteiger partial charge < -0.3 is 20.4 Å². The molecule has 1 amide bonds. The van der Waals surface area contributed by atoms with Gasteiger partial charge in [-0.1, -0.05) is 6.92 Å². The van der Waals surface area contributed by atoms with Crippen molar-refractivity contribution in [1.82, 2.24) is 15.6 Å². The van der Waals surface area contributed by atoms with Crippen LogP contribution < -0.4 is 10.6 Å². The number of H-pyrrole nitrogens is 1. The van der Waals surface area contributed by atoms with Crippen molar-refractivity contribution in [2.75, 3.05) is 6.54 Å². The molecule has 5 nitrogen and oxygen atoms in total. The van der Waals surface area contributed by atoms with Crippen molar-refractivity contribution in [2.24, 2.45) is 0 Å². The van der Waals surface area contributed by atoms with E-state index in [4.69, 9.17) is 4.74 Å². The van der Waals surface area contributed by atoms with E-state index in [-0.39, 0.29) is 12.1 Å². The second-order valence-corrected chi connectivity index (χ2v) is 5.59. The number of aromatic amines is 1. The summed E-state index contributed by atoms with van der Waals surface area (Å²) in [6.07, 6.45) is 4.44. The first-order chi connectivity index (χ1) is 8.90. The zero-order valence-corrected chi connectivity index (χ0v) is 12.2. The zero-order chi connectivity index (χ0) is 14.3. The minimum absolute atomic E-state index is 0.238. The average molecular weight is 267 g/mol. The molecule has 0 spiro atoms. The predicted molar refractivity (Wildman–Crippen MR) is 75.9 cm³/mol. The molecule has 0 aliphatic rings. The van der Waals surface area contributed by atoms with Crippen molar-refractivity contribution in [1.29, 1.82) is 0 Å². The lowest BCUT2D eigenvalue weighted by Gasteiger charge is -2.22. The predicted octanol–water partition coefficient (Wildman–Crippen LogP) is 2.41. The number of aromatic nitrogens is 1. The quantitative estimate of drug-likeness (QED) is 0.741. The maximum absolute atomic E-state index is 11.5. The number of nitrogens with one attached hydrogen (secondary N) is 3. The molecule has 0 saturated heterocycles. The third-order valence-corrected chi connectivity index (χ3v) is 2.64. The SMILES string of the molecule is CCC(CNC(=O)OC(C)(C)C)NCc1cc[nH]c1. The van der Waals surface area contributed by atoms with Crippen molar-refractivity contribution in [2.45, 2.75) is 52.3 Å². The smallest absolute Gasteiger partial charge is 0.407 e. The van der Waals surface area contributed by atoms with Gasteiger partial charge in [-0.2, -0.15) is 0 Å². The molecule has 0 aliphatic carbocycles. The van der Waals surface area contributed by atoms with Crippen LogP contribution >= 0.6 is 0 Å². The van der Waals surface area contributed by atoms with Gasteiger partial charge >= 0.3 is 6.09 Å². The van der Waals surface area contributed by atoms with Crippen LogP contribution in [0.1, 0.15) is 39.7 Å². The zero-order valence-electron chi connectivity index (χ0n) is 12.2. The van der Waals surface area contributed by atoms with Crippen LogP contribution in [0.25, 0.3) is 0 Å². The third kappa shape index (κ3) is 6.86. The Hall–Kier alpha value is -1.49. The van der Waals surface area contributed by atoms with Crippen LogP contribution in [0.2, 0.25) is 0 Å². The molecule has 1 unspecified atom stereocenters. The molecule has 108 valence electrons. The van der Waals surface area contributed by atoms with Crippen LogP contribution in [-0.2, 0) is 11.3 Å². The first-order valence-electron chi connectivity index (χ1n) is 6.72. The second-order valence-electron chi connectivity index (χ2n) is 5.59. The fourth-order valence-corrected chi connectivity index (χ4v) is 1.61. The van der Waals surface area contributed by atoms with Gasteiger partial charge in [-0.05, 0) is 38.8 Å². The number of carbonyl (C=O) groups excluding carboxylic acids is 1. The molecule has 1 atom stereocenters. The Balaban J connectivity index is 2.26. The molecule has 0 radical (unpaired) electrons. The van der Waals surface area contributed by atoms with Gasteiger partial charge in [0, 0.05) is 31.5 Å². The van der Waals surface area contributed by atoms with E-state index >= 15 is 0 Å². The molecular formula is C14H25N3O2. The maximum atomic E-state index is 11.5. The maximum Gasteiger partial charge on any atom is 0.407 e. The standard InChI is InChI=1S/C14H25N3O2/c1-5-12(16-9-11-6-7-15-8-11)10-17-13(18)19-14(2,3)4/h6-8,12,15-16H,5,9-10H2,1-4H3,(H,17,18). The van der Waals surface area contributed by atoms with Crippen LogP contribution in [0.4, 0.5) is 4.79 Å². The van der Waals surface area contributed by atoms with Crippen molar-refractivity contribution in [3.05, 3.63) is 24.0 Å². The van der Waals surface area contributed by atoms with Gasteiger partial charge in [0.15, 0.2) is 0 Å². The Morgan fingerprint density at radius 1 is 1.47 bits per heavy atom. The van der Waals surface area contributed by atoms with E-state index in [0.717, 1.165) is 13.0 Å². The largest absolute Gasteiger partial charge is 0.444 e. The monoisotopic (exact) mass is 267 g/mol. The molecule has 1 aromatic heterocycles. The number of rotatable bonds is 6. The van der Waals surface area contributed by atoms with Gasteiger partial charge in [0.1, 0.15) is 5.60 Å². The van der Waals surface area contributed by atoms with E-state index in [9.17, 15) is 4.79 Å². The number of amides is 1. The molecule has 0 saturated carbocycles. The van der Waals surface area contributed by atoms with Crippen LogP contribution in [0.3, 0.4) is 0 Å². The molecule has 1 heterocycles. The Morgan fingerprint density at radius 3 is 2.74 bits per heavy atom. The highest BCUT2D eigenvalue weighted by Gasteiger charge is 2.16. The van der Waals surface area contributed by atoms with Gasteiger partial charge in [-0.3, -0.25) is 0 Å². The average Bonchev–Trinajstić information content (AvgIpc) is 2.80. The molecule has 1 rings (SSSR count). The molecular weight excluding hydrogens is 242 g/mol. The van der Waals surface area contributed by atoms with E-state index < -0.39 is 5.60 Å². The molecule has 19 heavy (non-hydrogen) atoms. The van der Waals surface area contributed by atoms with E-state index in [0.29, 0.717) is 6.54 Å². The molecule has 0 aromatic carbocycles. The minimum atomic E-state index is -0.454. The summed E-state index contributed by atoms with van der Waals surface area (Å²) < 4.78 is 5.20. The van der Waals surface area contributed by atoms with Crippen molar-refractivity contribution < 1.29 is 9.53 Å². The lowest BCUT2D eigenvalue weighted by Crippen LogP contribution is -2.42. The van der Waals surface area contributed by atoms with Crippen molar-refractivity contribution in [3.8, 4) is 0 Å². The molecule has 1 aromatic rings. The topological polar surface area (TPSA) is 66.2 Å². The minimum Gasteiger partial charge on any atom is -0.444 e. The highest BCUT2D eigenvalue weighted by molar-refractivity contribution is 5.67. The summed E-state index contributed by atoms with van der Waals surface area (Å²) in [6, 6.07) is 2.27. The third-order valence-electron chi connectivity index (χ3n) is 2.64. The summed E-state index contributed by atoms with van der Waals surface area (Å²) in [6.45, 7) is 9.01. The summed E-state index contributed by atoms with van der Waals surface area (Å²) in [7, 11) is 0. The van der Waals surface area contributed by atoms with Gasteiger partial charge in [0.25, 0.3) is 0 Å². The van der Waals surface area contributed by atoms with E-state index in [2.05, 4.69) is 22.5 Å². The molecule has 0 aliphatic heterocycles. The van der Waals surface area contributed by atoms with E-state index in [1.165, 1.54) is 5.56 Å². The van der Waals surface area contributed by atoms with Crippen LogP contribution in [0.5, 0.6) is 0 Å². The number of hydrogen-bond acceptors (Lipinski definition) is 3. The first kappa shape index (κ1) is 15.6. The second kappa shape index (κ2) is 7.19. The number of carbonyl (C=O) groups is 1. The molecule has 0 fully saturated rings. The lowest BCUT2D eigenvalue weighted by atomic mass is 10.2. The van der Waals surface area contributed by atoms with Crippen LogP contribution in [0.15, 0.2) is 18.5 Å². The first-order valence-corrected chi connectivity index (χ1v) is 6.72. The number of ether oxygens (including phenoxy) is 1. The Labute approximate surface area is 115 Å². The molecule has 5 heteroatoms. The fourth-order valence-electron chi connectivity index (χ4n) is 1.61. The van der Waals surface area contributed by atoms with Crippen molar-refractivity contribution in [3.63, 3.8) is 0 Å². The van der Waals surface area contributed by atoms with Crippen molar-refractivity contribution >= 4 is 6.09 Å². The number of hydrogen-bond donors (Lipinski definition) is 3. The van der Waals surface area contributed by atoms with Crippen LogP contribution in [0, 0.1) is 0 Å². The van der Waals surface area contributed by atoms with E-state index in [1.54, 1.807) is 0 Å². The highest BCUT2D eigenvalue weighted by Crippen LogP contribution is 2.06. The summed E-state index contributed by atoms with van der Waals surface area (Å²) in [5.74, 6) is 0. The lowest BCUT2D eigenvalue weighted by molar-refractivity contribution is 0.0522. The van der Waals surface area contributed by atoms with E-state index in [1.807, 2.05) is 39.2 Å². The molecule has 0 bridgehead atoms. The summed E-state index contributed by atoms with van der Waals surface area (Å²) in [5.41, 5.74) is 0.750. The Bertz CT molecular complexity index is 369. The Morgan fingerprint density at radius 2 is 2.21 bits per heavy atom. The number of alkyl carbamates (subject to hydrolysis) is 1. The highest BCUT2D eigenvalue weighted by atomic mass is 16.6. The summed E-state index contributed by atoms with van der Waals surface area (Å²) in [5, 5.41) is 6.19. The van der Waals surface area contributed by atoms with Gasteiger partial charge in [-0.15, -0.1) is 0 Å². The normalized spacial score (nSPS) is 13.1. The summed E-state index contributed by atoms with van der Waals surface area (Å²) >= 11 is 0.